The Morgan fingerprint density at radius 1 is 1.16 bits per heavy atom. The highest BCUT2D eigenvalue weighted by Gasteiger charge is 2.11. The molecule has 0 aliphatic rings. The number of nitrogens with two attached hydrogens (primary N) is 1. The highest BCUT2D eigenvalue weighted by atomic mass is 31.1. The maximum Gasteiger partial charge on any atom is 0.316 e. The highest BCUT2D eigenvalue weighted by Crippen LogP contribution is 2.27. The van der Waals surface area contributed by atoms with Gasteiger partial charge in [-0.15, -0.1) is 0 Å². The zero-order valence-electron chi connectivity index (χ0n) is 18.1. The SMILES string of the molecule is CCCCCCc1ccc(-c2ccc(CNCCCO[PH](=O)O)nc2/C(N)=C/O)cc1. The Balaban J connectivity index is 2.03. The summed E-state index contributed by atoms with van der Waals surface area (Å²) in [6, 6.07) is 12.3. The summed E-state index contributed by atoms with van der Waals surface area (Å²) in [5, 5.41) is 12.7. The Bertz CT molecular complexity index is 856. The van der Waals surface area contributed by atoms with Gasteiger partial charge in [0.15, 0.2) is 0 Å². The summed E-state index contributed by atoms with van der Waals surface area (Å²) in [5.41, 5.74) is 10.7. The van der Waals surface area contributed by atoms with E-state index in [1.165, 1.54) is 31.2 Å². The summed E-state index contributed by atoms with van der Waals surface area (Å²) in [5.74, 6) is 0. The summed E-state index contributed by atoms with van der Waals surface area (Å²) in [6.07, 6.45) is 7.54. The second kappa shape index (κ2) is 14.0. The van der Waals surface area contributed by atoms with Crippen molar-refractivity contribution < 1.29 is 19.1 Å². The number of pyridine rings is 1. The van der Waals surface area contributed by atoms with Crippen molar-refractivity contribution in [3.05, 3.63) is 59.6 Å². The summed E-state index contributed by atoms with van der Waals surface area (Å²) in [6.45, 7) is 3.58. The molecule has 1 heterocycles. The van der Waals surface area contributed by atoms with Crippen LogP contribution in [0.1, 0.15) is 56.0 Å². The van der Waals surface area contributed by atoms with Crippen LogP contribution in [-0.4, -0.2) is 28.1 Å². The first-order chi connectivity index (χ1) is 15.0. The third-order valence-corrected chi connectivity index (χ3v) is 5.43. The maximum atomic E-state index is 10.5. The number of aryl methyl sites for hydroxylation is 1. The number of hydrogen-bond acceptors (Lipinski definition) is 6. The highest BCUT2D eigenvalue weighted by molar-refractivity contribution is 7.32. The standard InChI is InChI=1S/C23H34N3O4P/c1-2-3-4-5-7-18-8-10-19(11-9-18)21-13-12-20(26-23(21)22(24)17-27)16-25-14-6-15-30-31(28)29/h8-13,17,25,27,31H,2-7,14-16,24H2,1H3,(H,28,29)/b22-17-. The van der Waals surface area contributed by atoms with Gasteiger partial charge >= 0.3 is 8.25 Å². The molecule has 1 aromatic heterocycles. The fourth-order valence-corrected chi connectivity index (χ4v) is 3.61. The van der Waals surface area contributed by atoms with E-state index in [2.05, 4.69) is 46.0 Å². The van der Waals surface area contributed by atoms with Crippen molar-refractivity contribution in [2.24, 2.45) is 5.73 Å². The molecule has 0 spiro atoms. The van der Waals surface area contributed by atoms with Crippen LogP contribution in [0.15, 0.2) is 42.7 Å². The lowest BCUT2D eigenvalue weighted by Crippen LogP contribution is -2.17. The van der Waals surface area contributed by atoms with E-state index in [1.807, 2.05) is 12.1 Å². The summed E-state index contributed by atoms with van der Waals surface area (Å²) >= 11 is 0. The summed E-state index contributed by atoms with van der Waals surface area (Å²) < 4.78 is 15.2. The van der Waals surface area contributed by atoms with E-state index in [4.69, 9.17) is 10.6 Å². The first kappa shape index (κ1) is 25.1. The predicted molar refractivity (Wildman–Crippen MR) is 126 cm³/mol. The van der Waals surface area contributed by atoms with Gasteiger partial charge in [0.1, 0.15) is 6.26 Å². The van der Waals surface area contributed by atoms with E-state index in [0.29, 0.717) is 25.2 Å². The van der Waals surface area contributed by atoms with E-state index in [1.54, 1.807) is 0 Å². The monoisotopic (exact) mass is 447 g/mol. The fourth-order valence-electron chi connectivity index (χ4n) is 3.29. The number of hydrogen-bond donors (Lipinski definition) is 4. The van der Waals surface area contributed by atoms with Gasteiger partial charge in [-0.25, -0.2) is 4.98 Å². The van der Waals surface area contributed by atoms with Crippen molar-refractivity contribution in [3.63, 3.8) is 0 Å². The van der Waals surface area contributed by atoms with E-state index in [0.717, 1.165) is 29.5 Å². The number of nitrogens with one attached hydrogen (secondary N) is 1. The molecule has 8 heteroatoms. The Kier molecular flexibility index (Phi) is 11.3. The number of benzene rings is 1. The number of aromatic nitrogens is 1. The van der Waals surface area contributed by atoms with Crippen molar-refractivity contribution in [2.75, 3.05) is 13.2 Å². The molecule has 1 unspecified atom stereocenters. The van der Waals surface area contributed by atoms with Gasteiger partial charge in [-0.3, -0.25) is 4.57 Å². The molecule has 0 aliphatic carbocycles. The van der Waals surface area contributed by atoms with Crippen LogP contribution in [-0.2, 0) is 22.1 Å². The van der Waals surface area contributed by atoms with E-state index in [-0.39, 0.29) is 12.3 Å². The maximum absolute atomic E-state index is 10.5. The van der Waals surface area contributed by atoms with Crippen LogP contribution in [0.2, 0.25) is 0 Å². The van der Waals surface area contributed by atoms with Crippen LogP contribution in [0.25, 0.3) is 16.8 Å². The van der Waals surface area contributed by atoms with Gasteiger partial charge in [-0.05, 0) is 43.0 Å². The molecule has 170 valence electrons. The van der Waals surface area contributed by atoms with Crippen LogP contribution >= 0.6 is 8.25 Å². The molecule has 5 N–H and O–H groups in total. The van der Waals surface area contributed by atoms with Gasteiger partial charge in [-0.2, -0.15) is 0 Å². The van der Waals surface area contributed by atoms with Crippen molar-refractivity contribution in [1.29, 1.82) is 0 Å². The van der Waals surface area contributed by atoms with Crippen LogP contribution < -0.4 is 11.1 Å². The number of aliphatic hydroxyl groups is 1. The summed E-state index contributed by atoms with van der Waals surface area (Å²) in [7, 11) is -2.87. The molecule has 0 fully saturated rings. The minimum absolute atomic E-state index is 0.210. The molecule has 0 radical (unpaired) electrons. The lowest BCUT2D eigenvalue weighted by atomic mass is 9.99. The van der Waals surface area contributed by atoms with Crippen LogP contribution in [0.5, 0.6) is 0 Å². The van der Waals surface area contributed by atoms with Crippen molar-refractivity contribution >= 4 is 14.0 Å². The van der Waals surface area contributed by atoms with E-state index in [9.17, 15) is 9.67 Å². The average Bonchev–Trinajstić information content (AvgIpc) is 2.78. The van der Waals surface area contributed by atoms with Crippen LogP contribution in [0, 0.1) is 0 Å². The number of rotatable bonds is 14. The van der Waals surface area contributed by atoms with Crippen LogP contribution in [0.4, 0.5) is 0 Å². The van der Waals surface area contributed by atoms with Gasteiger partial charge in [0, 0.05) is 12.1 Å². The zero-order chi connectivity index (χ0) is 22.5. The number of aliphatic hydroxyl groups excluding tert-OH is 1. The molecule has 0 amide bonds. The minimum atomic E-state index is -2.87. The normalized spacial score (nSPS) is 12.8. The van der Waals surface area contributed by atoms with Gasteiger partial charge in [-0.1, -0.05) is 56.5 Å². The second-order valence-corrected chi connectivity index (χ2v) is 8.26. The quantitative estimate of drug-likeness (QED) is 0.190. The van der Waals surface area contributed by atoms with Crippen LogP contribution in [0.3, 0.4) is 0 Å². The number of nitrogens with zero attached hydrogens (tertiary/aromatic N) is 1. The first-order valence-corrected chi connectivity index (χ1v) is 12.1. The molecular weight excluding hydrogens is 413 g/mol. The molecule has 0 saturated carbocycles. The Morgan fingerprint density at radius 2 is 1.94 bits per heavy atom. The average molecular weight is 448 g/mol. The molecule has 0 bridgehead atoms. The molecule has 0 aliphatic heterocycles. The topological polar surface area (TPSA) is 118 Å². The predicted octanol–water partition coefficient (Wildman–Crippen LogP) is 4.56. The summed E-state index contributed by atoms with van der Waals surface area (Å²) in [4.78, 5) is 13.3. The van der Waals surface area contributed by atoms with E-state index < -0.39 is 8.25 Å². The largest absolute Gasteiger partial charge is 0.513 e. The lowest BCUT2D eigenvalue weighted by Gasteiger charge is -2.12. The third-order valence-electron chi connectivity index (χ3n) is 4.98. The van der Waals surface area contributed by atoms with E-state index >= 15 is 0 Å². The smallest absolute Gasteiger partial charge is 0.316 e. The van der Waals surface area contributed by atoms with Gasteiger partial charge in [0.05, 0.1) is 23.7 Å². The minimum Gasteiger partial charge on any atom is -0.513 e. The Morgan fingerprint density at radius 3 is 2.61 bits per heavy atom. The fraction of sp³-hybridized carbons (Fsp3) is 0.435. The molecule has 31 heavy (non-hydrogen) atoms. The zero-order valence-corrected chi connectivity index (χ0v) is 19.1. The molecule has 1 aromatic carbocycles. The van der Waals surface area contributed by atoms with Crippen molar-refractivity contribution in [2.45, 2.75) is 52.0 Å². The Labute approximate surface area is 185 Å². The molecular formula is C23H34N3O4P. The van der Waals surface area contributed by atoms with Gasteiger partial charge < -0.3 is 25.6 Å². The van der Waals surface area contributed by atoms with Gasteiger partial charge in [0.25, 0.3) is 0 Å². The molecule has 2 rings (SSSR count). The van der Waals surface area contributed by atoms with Crippen molar-refractivity contribution in [3.8, 4) is 11.1 Å². The lowest BCUT2D eigenvalue weighted by molar-refractivity contribution is 0.276. The molecule has 1 atom stereocenters. The molecule has 7 nitrogen and oxygen atoms in total. The van der Waals surface area contributed by atoms with Gasteiger partial charge in [0.2, 0.25) is 0 Å². The van der Waals surface area contributed by atoms with Crippen molar-refractivity contribution in [1.82, 2.24) is 10.3 Å². The number of unbranched alkanes of at least 4 members (excludes halogenated alkanes) is 3. The first-order valence-electron chi connectivity index (χ1n) is 10.8. The Hall–Kier alpha value is -2.18. The third kappa shape index (κ3) is 8.83. The second-order valence-electron chi connectivity index (χ2n) is 7.44. The molecule has 0 saturated heterocycles. The molecule has 2 aromatic rings.